The molecule has 20 heavy (non-hydrogen) atoms. The number of benzene rings is 2. The lowest BCUT2D eigenvalue weighted by atomic mass is 10.1. The number of hydrogen-bond acceptors (Lipinski definition) is 4. The number of nitrogen functional groups attached to an aromatic ring is 1. The van der Waals surface area contributed by atoms with Crippen molar-refractivity contribution in [2.45, 2.75) is 0 Å². The van der Waals surface area contributed by atoms with E-state index in [9.17, 15) is 4.79 Å². The van der Waals surface area contributed by atoms with Crippen molar-refractivity contribution in [2.75, 3.05) is 18.2 Å². The van der Waals surface area contributed by atoms with E-state index in [0.29, 0.717) is 22.0 Å². The van der Waals surface area contributed by atoms with E-state index in [1.165, 1.54) is 7.11 Å². The Morgan fingerprint density at radius 3 is 2.65 bits per heavy atom. The molecule has 0 saturated heterocycles. The van der Waals surface area contributed by atoms with Gasteiger partial charge in [0.05, 0.1) is 34.8 Å². The molecule has 0 heterocycles. The Bertz CT molecular complexity index is 662. The van der Waals surface area contributed by atoms with Crippen LogP contribution < -0.4 is 11.1 Å². The summed E-state index contributed by atoms with van der Waals surface area (Å²) in [5.41, 5.74) is 8.17. The Labute approximate surface area is 135 Å². The van der Waals surface area contributed by atoms with Crippen LogP contribution in [0.5, 0.6) is 0 Å². The van der Waals surface area contributed by atoms with Crippen molar-refractivity contribution in [3.05, 3.63) is 50.6 Å². The number of methoxy groups -OCH3 is 1. The van der Waals surface area contributed by atoms with Gasteiger partial charge in [-0.25, -0.2) is 4.79 Å². The molecule has 0 saturated carbocycles. The third-order valence-corrected chi connectivity index (χ3v) is 3.66. The van der Waals surface area contributed by atoms with E-state index in [-0.39, 0.29) is 0 Å². The van der Waals surface area contributed by atoms with Gasteiger partial charge in [-0.3, -0.25) is 0 Å². The fourth-order valence-corrected chi connectivity index (χ4v) is 2.55. The van der Waals surface area contributed by atoms with Crippen molar-refractivity contribution in [1.29, 1.82) is 0 Å². The topological polar surface area (TPSA) is 64.3 Å². The van der Waals surface area contributed by atoms with Crippen LogP contribution in [0.25, 0.3) is 0 Å². The summed E-state index contributed by atoms with van der Waals surface area (Å²) in [4.78, 5) is 11.5. The lowest BCUT2D eigenvalue weighted by Gasteiger charge is -2.12. The molecule has 0 bridgehead atoms. The Kier molecular flexibility index (Phi) is 4.72. The number of carbonyl (C=O) groups excluding carboxylic acids is 1. The van der Waals surface area contributed by atoms with Crippen molar-refractivity contribution in [2.24, 2.45) is 0 Å². The summed E-state index contributed by atoms with van der Waals surface area (Å²) in [5.74, 6) is -0.415. The number of rotatable bonds is 3. The second kappa shape index (κ2) is 6.32. The van der Waals surface area contributed by atoms with Gasteiger partial charge in [0.1, 0.15) is 0 Å². The summed E-state index contributed by atoms with van der Waals surface area (Å²) in [6.45, 7) is 0. The molecule has 0 radical (unpaired) electrons. The summed E-state index contributed by atoms with van der Waals surface area (Å²) < 4.78 is 5.72. The first-order chi connectivity index (χ1) is 9.51. The Morgan fingerprint density at radius 1 is 1.25 bits per heavy atom. The number of ether oxygens (including phenoxy) is 1. The molecule has 0 aliphatic heterocycles. The molecule has 2 rings (SSSR count). The molecule has 0 spiro atoms. The number of nitrogens with one attached hydrogen (secondary N) is 1. The third kappa shape index (κ3) is 3.34. The SMILES string of the molecule is COC(=O)c1ccc(N)c(Nc2ccc(I)cc2Cl)c1. The van der Waals surface area contributed by atoms with Gasteiger partial charge in [-0.1, -0.05) is 11.6 Å². The van der Waals surface area contributed by atoms with Crippen molar-refractivity contribution >= 4 is 57.2 Å². The molecule has 104 valence electrons. The monoisotopic (exact) mass is 402 g/mol. The van der Waals surface area contributed by atoms with Crippen LogP contribution in [0.1, 0.15) is 10.4 Å². The molecule has 0 aliphatic rings. The molecule has 4 nitrogen and oxygen atoms in total. The summed E-state index contributed by atoms with van der Waals surface area (Å²) in [7, 11) is 1.34. The lowest BCUT2D eigenvalue weighted by Crippen LogP contribution is -2.04. The first kappa shape index (κ1) is 14.9. The van der Waals surface area contributed by atoms with Gasteiger partial charge < -0.3 is 15.8 Å². The standard InChI is InChI=1S/C14H12ClIN2O2/c1-20-14(19)8-2-4-11(17)13(6-8)18-12-5-3-9(16)7-10(12)15/h2-7,18H,17H2,1H3. The minimum atomic E-state index is -0.415. The van der Waals surface area contributed by atoms with Crippen LogP contribution in [0.4, 0.5) is 17.1 Å². The molecule has 0 fully saturated rings. The highest BCUT2D eigenvalue weighted by molar-refractivity contribution is 14.1. The van der Waals surface area contributed by atoms with Crippen molar-refractivity contribution in [3.8, 4) is 0 Å². The van der Waals surface area contributed by atoms with Gasteiger partial charge in [0.25, 0.3) is 0 Å². The quantitative estimate of drug-likeness (QED) is 0.462. The van der Waals surface area contributed by atoms with E-state index in [4.69, 9.17) is 17.3 Å². The molecular weight excluding hydrogens is 391 g/mol. The maximum atomic E-state index is 11.5. The predicted molar refractivity (Wildman–Crippen MR) is 89.6 cm³/mol. The second-order valence-corrected chi connectivity index (χ2v) is 5.70. The lowest BCUT2D eigenvalue weighted by molar-refractivity contribution is 0.0601. The van der Waals surface area contributed by atoms with Crippen molar-refractivity contribution < 1.29 is 9.53 Å². The highest BCUT2D eigenvalue weighted by Gasteiger charge is 2.10. The summed E-state index contributed by atoms with van der Waals surface area (Å²) in [6.07, 6.45) is 0. The van der Waals surface area contributed by atoms with Gasteiger partial charge in [-0.15, -0.1) is 0 Å². The van der Waals surface area contributed by atoms with Gasteiger partial charge >= 0.3 is 5.97 Å². The zero-order valence-electron chi connectivity index (χ0n) is 10.6. The van der Waals surface area contributed by atoms with E-state index in [1.807, 2.05) is 18.2 Å². The number of halogens is 2. The molecule has 0 amide bonds. The van der Waals surface area contributed by atoms with Crippen LogP contribution >= 0.6 is 34.2 Å². The van der Waals surface area contributed by atoms with E-state index >= 15 is 0 Å². The highest BCUT2D eigenvalue weighted by atomic mass is 127. The molecule has 0 unspecified atom stereocenters. The van der Waals surface area contributed by atoms with Crippen LogP contribution in [-0.4, -0.2) is 13.1 Å². The highest BCUT2D eigenvalue weighted by Crippen LogP contribution is 2.30. The molecule has 0 atom stereocenters. The molecule has 6 heteroatoms. The van der Waals surface area contributed by atoms with Crippen LogP contribution in [0, 0.1) is 3.57 Å². The van der Waals surface area contributed by atoms with E-state index in [1.54, 1.807) is 18.2 Å². The Hall–Kier alpha value is -1.47. The Balaban J connectivity index is 2.35. The number of hydrogen-bond donors (Lipinski definition) is 2. The van der Waals surface area contributed by atoms with Crippen molar-refractivity contribution in [3.63, 3.8) is 0 Å². The van der Waals surface area contributed by atoms with Crippen LogP contribution in [0.15, 0.2) is 36.4 Å². The zero-order chi connectivity index (χ0) is 14.7. The van der Waals surface area contributed by atoms with E-state index in [0.717, 1.165) is 9.26 Å². The average molecular weight is 403 g/mol. The largest absolute Gasteiger partial charge is 0.465 e. The fourth-order valence-electron chi connectivity index (χ4n) is 1.65. The van der Waals surface area contributed by atoms with Gasteiger partial charge in [-0.05, 0) is 59.0 Å². The van der Waals surface area contributed by atoms with Crippen LogP contribution in [-0.2, 0) is 4.74 Å². The van der Waals surface area contributed by atoms with Crippen LogP contribution in [0.2, 0.25) is 5.02 Å². The molecule has 2 aromatic rings. The van der Waals surface area contributed by atoms with E-state index in [2.05, 4.69) is 32.6 Å². The second-order valence-electron chi connectivity index (χ2n) is 4.04. The number of esters is 1. The molecule has 0 aromatic heterocycles. The normalized spacial score (nSPS) is 10.2. The molecule has 0 aliphatic carbocycles. The maximum Gasteiger partial charge on any atom is 0.337 e. The van der Waals surface area contributed by atoms with Gasteiger partial charge in [-0.2, -0.15) is 0 Å². The first-order valence-electron chi connectivity index (χ1n) is 5.71. The predicted octanol–water partition coefficient (Wildman–Crippen LogP) is 4.06. The number of nitrogens with two attached hydrogens (primary N) is 1. The van der Waals surface area contributed by atoms with Crippen molar-refractivity contribution in [1.82, 2.24) is 0 Å². The first-order valence-corrected chi connectivity index (χ1v) is 7.17. The average Bonchev–Trinajstić information content (AvgIpc) is 2.43. The summed E-state index contributed by atoms with van der Waals surface area (Å²) in [6, 6.07) is 10.5. The van der Waals surface area contributed by atoms with E-state index < -0.39 is 5.97 Å². The minimum absolute atomic E-state index is 0.415. The summed E-state index contributed by atoms with van der Waals surface area (Å²) >= 11 is 8.34. The van der Waals surface area contributed by atoms with Gasteiger partial charge in [0, 0.05) is 3.57 Å². The number of anilines is 3. The number of carbonyl (C=O) groups is 1. The zero-order valence-corrected chi connectivity index (χ0v) is 13.5. The smallest absolute Gasteiger partial charge is 0.337 e. The van der Waals surface area contributed by atoms with Gasteiger partial charge in [0.15, 0.2) is 0 Å². The Morgan fingerprint density at radius 2 is 2.00 bits per heavy atom. The maximum absolute atomic E-state index is 11.5. The fraction of sp³-hybridized carbons (Fsp3) is 0.0714. The third-order valence-electron chi connectivity index (χ3n) is 2.67. The molecule has 2 aromatic carbocycles. The molecular formula is C14H12ClIN2O2. The molecule has 3 N–H and O–H groups in total. The van der Waals surface area contributed by atoms with Gasteiger partial charge in [0.2, 0.25) is 0 Å². The summed E-state index contributed by atoms with van der Waals surface area (Å²) in [5, 5.41) is 3.70. The minimum Gasteiger partial charge on any atom is -0.465 e. The van der Waals surface area contributed by atoms with Crippen LogP contribution in [0.3, 0.4) is 0 Å².